The van der Waals surface area contributed by atoms with Gasteiger partial charge in [-0.15, -0.1) is 0 Å². The summed E-state index contributed by atoms with van der Waals surface area (Å²) in [5.74, 6) is 0. The zero-order valence-corrected chi connectivity index (χ0v) is 14.7. The fraction of sp³-hybridized carbons (Fsp3) is 0.600. The van der Waals surface area contributed by atoms with Gasteiger partial charge in [0, 0.05) is 42.2 Å². The molecule has 1 aromatic rings. The molecule has 2 N–H and O–H groups in total. The largest absolute Gasteiger partial charge is 0.329 e. The molecule has 0 aliphatic carbocycles. The maximum absolute atomic E-state index is 6.22. The lowest BCUT2D eigenvalue weighted by Gasteiger charge is -2.48. The number of nitrogens with zero attached hydrogens (tertiary/aromatic N) is 2. The summed E-state index contributed by atoms with van der Waals surface area (Å²) >= 11 is 9.66. The Morgan fingerprint density at radius 2 is 2.10 bits per heavy atom. The molecule has 0 aromatic heterocycles. The zero-order chi connectivity index (χ0) is 14.9. The second kappa shape index (κ2) is 6.32. The van der Waals surface area contributed by atoms with E-state index >= 15 is 0 Å². The lowest BCUT2D eigenvalue weighted by atomic mass is 9.96. The van der Waals surface area contributed by atoms with E-state index in [9.17, 15) is 0 Å². The van der Waals surface area contributed by atoms with Gasteiger partial charge < -0.3 is 5.73 Å². The van der Waals surface area contributed by atoms with Crippen molar-refractivity contribution in [2.75, 3.05) is 33.2 Å². The highest BCUT2D eigenvalue weighted by Crippen LogP contribution is 2.31. The van der Waals surface area contributed by atoms with Crippen LogP contribution >= 0.6 is 27.5 Å². The highest BCUT2D eigenvalue weighted by atomic mass is 79.9. The van der Waals surface area contributed by atoms with Gasteiger partial charge >= 0.3 is 0 Å². The number of piperazine rings is 1. The Labute approximate surface area is 135 Å². The molecule has 1 atom stereocenters. The maximum atomic E-state index is 6.22. The lowest BCUT2D eigenvalue weighted by Crippen LogP contribution is -2.58. The van der Waals surface area contributed by atoms with E-state index in [0.717, 1.165) is 29.1 Å². The van der Waals surface area contributed by atoms with E-state index in [4.69, 9.17) is 17.3 Å². The summed E-state index contributed by atoms with van der Waals surface area (Å²) in [7, 11) is 2.19. The highest BCUT2D eigenvalue weighted by Gasteiger charge is 2.34. The molecule has 1 fully saturated rings. The number of halogens is 2. The first kappa shape index (κ1) is 16.2. The number of hydrogen-bond donors (Lipinski definition) is 1. The average molecular weight is 361 g/mol. The van der Waals surface area contributed by atoms with E-state index in [2.05, 4.69) is 52.7 Å². The Balaban J connectivity index is 2.22. The number of nitrogens with two attached hydrogens (primary N) is 1. The van der Waals surface area contributed by atoms with Crippen molar-refractivity contribution in [2.24, 2.45) is 5.73 Å². The van der Waals surface area contributed by atoms with Crippen LogP contribution in [-0.2, 0) is 0 Å². The van der Waals surface area contributed by atoms with Crippen molar-refractivity contribution in [3.8, 4) is 0 Å². The van der Waals surface area contributed by atoms with Crippen LogP contribution in [0.25, 0.3) is 0 Å². The van der Waals surface area contributed by atoms with E-state index in [1.54, 1.807) is 0 Å². The van der Waals surface area contributed by atoms with Crippen LogP contribution in [0.5, 0.6) is 0 Å². The molecule has 0 amide bonds. The van der Waals surface area contributed by atoms with Crippen molar-refractivity contribution >= 4 is 27.5 Å². The molecule has 0 bridgehead atoms. The predicted molar refractivity (Wildman–Crippen MR) is 89.2 cm³/mol. The minimum atomic E-state index is 0.171. The van der Waals surface area contributed by atoms with Gasteiger partial charge in [0.2, 0.25) is 0 Å². The van der Waals surface area contributed by atoms with Gasteiger partial charge in [0.05, 0.1) is 5.02 Å². The Kier molecular flexibility index (Phi) is 5.14. The fourth-order valence-corrected chi connectivity index (χ4v) is 3.20. The molecule has 1 aliphatic rings. The van der Waals surface area contributed by atoms with Crippen LogP contribution in [0.15, 0.2) is 22.7 Å². The first-order valence-corrected chi connectivity index (χ1v) is 8.12. The minimum absolute atomic E-state index is 0.171. The van der Waals surface area contributed by atoms with Gasteiger partial charge in [-0.05, 0) is 54.5 Å². The summed E-state index contributed by atoms with van der Waals surface area (Å²) < 4.78 is 0.928. The molecule has 0 spiro atoms. The molecule has 1 saturated heterocycles. The Morgan fingerprint density at radius 3 is 2.65 bits per heavy atom. The third kappa shape index (κ3) is 3.37. The van der Waals surface area contributed by atoms with Gasteiger partial charge in [0.1, 0.15) is 0 Å². The van der Waals surface area contributed by atoms with Gasteiger partial charge in [0.25, 0.3) is 0 Å². The fourth-order valence-electron chi connectivity index (χ4n) is 2.76. The van der Waals surface area contributed by atoms with Crippen LogP contribution in [0.3, 0.4) is 0 Å². The monoisotopic (exact) mass is 359 g/mol. The third-order valence-corrected chi connectivity index (χ3v) is 5.57. The van der Waals surface area contributed by atoms with Gasteiger partial charge in [-0.3, -0.25) is 9.80 Å². The Bertz CT molecular complexity index is 478. The predicted octanol–water partition coefficient (Wildman–Crippen LogP) is 3.13. The van der Waals surface area contributed by atoms with E-state index in [1.165, 1.54) is 5.56 Å². The topological polar surface area (TPSA) is 32.5 Å². The van der Waals surface area contributed by atoms with Crippen molar-refractivity contribution in [1.82, 2.24) is 9.80 Å². The van der Waals surface area contributed by atoms with Crippen LogP contribution in [0, 0.1) is 0 Å². The van der Waals surface area contributed by atoms with E-state index < -0.39 is 0 Å². The molecule has 1 unspecified atom stereocenters. The standard InChI is InChI=1S/C15H23BrClN3/c1-15(2)10-20(7-6-19(15)3)14(9-18)11-4-5-12(16)13(17)8-11/h4-5,8,14H,6-7,9-10,18H2,1-3H3. The summed E-state index contributed by atoms with van der Waals surface area (Å²) in [4.78, 5) is 4.88. The molecule has 3 nitrogen and oxygen atoms in total. The number of hydrogen-bond acceptors (Lipinski definition) is 3. The van der Waals surface area contributed by atoms with Crippen molar-refractivity contribution in [2.45, 2.75) is 25.4 Å². The smallest absolute Gasteiger partial charge is 0.0551 e. The summed E-state index contributed by atoms with van der Waals surface area (Å²) in [6, 6.07) is 6.36. The van der Waals surface area contributed by atoms with Crippen molar-refractivity contribution in [3.05, 3.63) is 33.3 Å². The first-order valence-electron chi connectivity index (χ1n) is 6.95. The summed E-state index contributed by atoms with van der Waals surface area (Å²) in [5.41, 5.74) is 7.40. The second-order valence-electron chi connectivity index (χ2n) is 6.13. The van der Waals surface area contributed by atoms with Crippen molar-refractivity contribution < 1.29 is 0 Å². The molecule has 1 heterocycles. The van der Waals surface area contributed by atoms with Crippen LogP contribution in [0.4, 0.5) is 0 Å². The first-order chi connectivity index (χ1) is 9.35. The summed E-state index contributed by atoms with van der Waals surface area (Å²) in [6.07, 6.45) is 0. The van der Waals surface area contributed by atoms with Crippen LogP contribution in [0.2, 0.25) is 5.02 Å². The van der Waals surface area contributed by atoms with Crippen LogP contribution in [-0.4, -0.2) is 48.6 Å². The van der Waals surface area contributed by atoms with Crippen molar-refractivity contribution in [3.63, 3.8) is 0 Å². The second-order valence-corrected chi connectivity index (χ2v) is 7.39. The number of rotatable bonds is 3. The molecule has 1 aliphatic heterocycles. The van der Waals surface area contributed by atoms with E-state index in [-0.39, 0.29) is 11.6 Å². The van der Waals surface area contributed by atoms with Gasteiger partial charge in [-0.2, -0.15) is 0 Å². The van der Waals surface area contributed by atoms with Gasteiger partial charge in [-0.1, -0.05) is 17.7 Å². The molecule has 0 saturated carbocycles. The third-order valence-electron chi connectivity index (χ3n) is 4.34. The molecule has 112 valence electrons. The van der Waals surface area contributed by atoms with Gasteiger partial charge in [0.15, 0.2) is 0 Å². The molecular weight excluding hydrogens is 338 g/mol. The summed E-state index contributed by atoms with van der Waals surface area (Å²) in [5, 5.41) is 0.745. The maximum Gasteiger partial charge on any atom is 0.0551 e. The lowest BCUT2D eigenvalue weighted by molar-refractivity contribution is 0.0180. The Morgan fingerprint density at radius 1 is 1.40 bits per heavy atom. The molecule has 5 heteroatoms. The normalized spacial score (nSPS) is 21.9. The molecule has 20 heavy (non-hydrogen) atoms. The average Bonchev–Trinajstić information content (AvgIpc) is 2.38. The number of benzene rings is 1. The van der Waals surface area contributed by atoms with E-state index in [0.29, 0.717) is 6.54 Å². The quantitative estimate of drug-likeness (QED) is 0.899. The molecular formula is C15H23BrClN3. The van der Waals surface area contributed by atoms with Crippen LogP contribution < -0.4 is 5.73 Å². The summed E-state index contributed by atoms with van der Waals surface area (Å²) in [6.45, 7) is 8.28. The highest BCUT2D eigenvalue weighted by molar-refractivity contribution is 9.10. The molecule has 0 radical (unpaired) electrons. The molecule has 1 aromatic carbocycles. The SMILES string of the molecule is CN1CCN(C(CN)c2ccc(Br)c(Cl)c2)CC1(C)C. The van der Waals surface area contributed by atoms with Crippen LogP contribution in [0.1, 0.15) is 25.5 Å². The number of likely N-dealkylation sites (N-methyl/N-ethyl adjacent to an activating group) is 1. The minimum Gasteiger partial charge on any atom is -0.329 e. The molecule has 2 rings (SSSR count). The Hall–Kier alpha value is -0.130. The van der Waals surface area contributed by atoms with Gasteiger partial charge in [-0.25, -0.2) is 0 Å². The van der Waals surface area contributed by atoms with E-state index in [1.807, 2.05) is 12.1 Å². The zero-order valence-electron chi connectivity index (χ0n) is 12.4. The van der Waals surface area contributed by atoms with Crippen molar-refractivity contribution in [1.29, 1.82) is 0 Å².